The van der Waals surface area contributed by atoms with Crippen LogP contribution in [0.3, 0.4) is 0 Å². The van der Waals surface area contributed by atoms with E-state index < -0.39 is 12.1 Å². The van der Waals surface area contributed by atoms with E-state index in [4.69, 9.17) is 9.47 Å². The molecule has 0 aromatic heterocycles. The first-order valence-corrected chi connectivity index (χ1v) is 6.86. The van der Waals surface area contributed by atoms with Gasteiger partial charge in [-0.2, -0.15) is 0 Å². The fraction of sp³-hybridized carbons (Fsp3) is 0.467. The minimum atomic E-state index is -0.516. The summed E-state index contributed by atoms with van der Waals surface area (Å²) in [6.45, 7) is 4.60. The van der Waals surface area contributed by atoms with Crippen LogP contribution in [0, 0.1) is 0 Å². The predicted octanol–water partition coefficient (Wildman–Crippen LogP) is 1.78. The SMILES string of the molecule is CC.COC(=O)c1ccc(OC2CCNC2=O)c(OC)c1. The number of carbonyl (C=O) groups is 2. The minimum Gasteiger partial charge on any atom is -0.493 e. The second-order valence-corrected chi connectivity index (χ2v) is 4.04. The van der Waals surface area contributed by atoms with Crippen LogP contribution in [-0.4, -0.2) is 38.7 Å². The Bertz CT molecular complexity index is 501. The quantitative estimate of drug-likeness (QED) is 0.857. The first-order chi connectivity index (χ1) is 10.2. The van der Waals surface area contributed by atoms with Crippen molar-refractivity contribution >= 4 is 11.9 Å². The highest BCUT2D eigenvalue weighted by atomic mass is 16.5. The number of carbonyl (C=O) groups excluding carboxylic acids is 2. The summed E-state index contributed by atoms with van der Waals surface area (Å²) in [5.74, 6) is 0.224. The third kappa shape index (κ3) is 4.11. The molecule has 1 heterocycles. The van der Waals surface area contributed by atoms with Crippen molar-refractivity contribution in [2.45, 2.75) is 26.4 Å². The van der Waals surface area contributed by atoms with Crippen molar-refractivity contribution in [3.8, 4) is 11.5 Å². The molecule has 1 aliphatic heterocycles. The lowest BCUT2D eigenvalue weighted by molar-refractivity contribution is -0.124. The third-order valence-corrected chi connectivity index (χ3v) is 2.85. The molecule has 0 spiro atoms. The van der Waals surface area contributed by atoms with Gasteiger partial charge in [0.1, 0.15) is 0 Å². The molecular weight excluding hydrogens is 274 g/mol. The van der Waals surface area contributed by atoms with E-state index in [9.17, 15) is 9.59 Å². The molecule has 21 heavy (non-hydrogen) atoms. The summed E-state index contributed by atoms with van der Waals surface area (Å²) >= 11 is 0. The van der Waals surface area contributed by atoms with E-state index in [1.165, 1.54) is 20.3 Å². The molecule has 1 amide bonds. The molecule has 1 aromatic carbocycles. The van der Waals surface area contributed by atoms with Crippen LogP contribution in [0.25, 0.3) is 0 Å². The van der Waals surface area contributed by atoms with Crippen LogP contribution < -0.4 is 14.8 Å². The Morgan fingerprint density at radius 3 is 2.48 bits per heavy atom. The standard InChI is InChI=1S/C13H15NO5.C2H6/c1-17-11-7-8(13(16)18-2)3-4-9(11)19-10-5-6-14-12(10)15;1-2/h3-4,7,10H,5-6H2,1-2H3,(H,14,15);1-2H3. The highest BCUT2D eigenvalue weighted by Gasteiger charge is 2.27. The molecule has 1 saturated heterocycles. The Labute approximate surface area is 124 Å². The fourth-order valence-electron chi connectivity index (χ4n) is 1.85. The fourth-order valence-corrected chi connectivity index (χ4v) is 1.85. The number of ether oxygens (including phenoxy) is 3. The van der Waals surface area contributed by atoms with Gasteiger partial charge in [0.2, 0.25) is 0 Å². The Morgan fingerprint density at radius 2 is 1.95 bits per heavy atom. The van der Waals surface area contributed by atoms with Gasteiger partial charge in [0.25, 0.3) is 5.91 Å². The van der Waals surface area contributed by atoms with Gasteiger partial charge in [0, 0.05) is 13.0 Å². The molecule has 1 fully saturated rings. The first-order valence-electron chi connectivity index (χ1n) is 6.86. The van der Waals surface area contributed by atoms with Crippen LogP contribution in [0.4, 0.5) is 0 Å². The van der Waals surface area contributed by atoms with Crippen molar-refractivity contribution < 1.29 is 23.8 Å². The number of hydrogen-bond donors (Lipinski definition) is 1. The zero-order chi connectivity index (χ0) is 15.8. The number of methoxy groups -OCH3 is 2. The molecule has 0 aliphatic carbocycles. The summed E-state index contributed by atoms with van der Waals surface area (Å²) in [7, 11) is 2.78. The summed E-state index contributed by atoms with van der Waals surface area (Å²) in [6, 6.07) is 4.68. The zero-order valence-corrected chi connectivity index (χ0v) is 12.8. The van der Waals surface area contributed by atoms with E-state index in [1.807, 2.05) is 13.8 Å². The molecule has 0 radical (unpaired) electrons. The maximum atomic E-state index is 11.4. The molecule has 6 heteroatoms. The topological polar surface area (TPSA) is 73.9 Å². The van der Waals surface area contributed by atoms with E-state index in [-0.39, 0.29) is 5.91 Å². The van der Waals surface area contributed by atoms with Crippen molar-refractivity contribution in [1.29, 1.82) is 0 Å². The Kier molecular flexibility index (Phi) is 6.52. The Balaban J connectivity index is 0.00000106. The normalized spacial score (nSPS) is 16.4. The van der Waals surface area contributed by atoms with Crippen LogP contribution in [0.2, 0.25) is 0 Å². The number of hydrogen-bond acceptors (Lipinski definition) is 5. The predicted molar refractivity (Wildman–Crippen MR) is 77.7 cm³/mol. The second-order valence-electron chi connectivity index (χ2n) is 4.04. The van der Waals surface area contributed by atoms with Crippen molar-refractivity contribution in [3.63, 3.8) is 0 Å². The van der Waals surface area contributed by atoms with Crippen LogP contribution >= 0.6 is 0 Å². The summed E-state index contributed by atoms with van der Waals surface area (Å²) in [5.41, 5.74) is 0.363. The number of esters is 1. The summed E-state index contributed by atoms with van der Waals surface area (Å²) < 4.78 is 15.4. The number of benzene rings is 1. The summed E-state index contributed by atoms with van der Waals surface area (Å²) in [4.78, 5) is 22.9. The van der Waals surface area contributed by atoms with Crippen molar-refractivity contribution in [3.05, 3.63) is 23.8 Å². The maximum Gasteiger partial charge on any atom is 0.337 e. The van der Waals surface area contributed by atoms with Gasteiger partial charge in [-0.05, 0) is 18.2 Å². The summed E-state index contributed by atoms with van der Waals surface area (Å²) in [6.07, 6.45) is 0.0960. The minimum absolute atomic E-state index is 0.140. The highest BCUT2D eigenvalue weighted by Crippen LogP contribution is 2.30. The lowest BCUT2D eigenvalue weighted by Gasteiger charge is -2.14. The Morgan fingerprint density at radius 1 is 1.24 bits per heavy atom. The van der Waals surface area contributed by atoms with Gasteiger partial charge >= 0.3 is 5.97 Å². The highest BCUT2D eigenvalue weighted by molar-refractivity contribution is 5.90. The molecule has 6 nitrogen and oxygen atoms in total. The van der Waals surface area contributed by atoms with E-state index in [0.29, 0.717) is 30.0 Å². The van der Waals surface area contributed by atoms with Crippen LogP contribution in [0.5, 0.6) is 11.5 Å². The van der Waals surface area contributed by atoms with Crippen molar-refractivity contribution in [1.82, 2.24) is 5.32 Å². The van der Waals surface area contributed by atoms with Crippen LogP contribution in [0.1, 0.15) is 30.6 Å². The van der Waals surface area contributed by atoms with Crippen molar-refractivity contribution in [2.75, 3.05) is 20.8 Å². The Hall–Kier alpha value is -2.24. The molecule has 1 aliphatic rings. The summed E-state index contributed by atoms with van der Waals surface area (Å²) in [5, 5.41) is 2.69. The third-order valence-electron chi connectivity index (χ3n) is 2.85. The monoisotopic (exact) mass is 295 g/mol. The molecule has 1 unspecified atom stereocenters. The number of amides is 1. The molecule has 1 N–H and O–H groups in total. The zero-order valence-electron chi connectivity index (χ0n) is 12.8. The molecule has 1 atom stereocenters. The smallest absolute Gasteiger partial charge is 0.337 e. The molecule has 0 bridgehead atoms. The average molecular weight is 295 g/mol. The maximum absolute atomic E-state index is 11.4. The van der Waals surface area contributed by atoms with Crippen LogP contribution in [-0.2, 0) is 9.53 Å². The van der Waals surface area contributed by atoms with E-state index in [1.54, 1.807) is 12.1 Å². The molecular formula is C15H21NO5. The first kappa shape index (κ1) is 16.8. The second kappa shape index (κ2) is 8.14. The molecule has 0 saturated carbocycles. The number of rotatable bonds is 4. The molecule has 1 aromatic rings. The van der Waals surface area contributed by atoms with E-state index >= 15 is 0 Å². The van der Waals surface area contributed by atoms with Gasteiger partial charge in [-0.3, -0.25) is 4.79 Å². The van der Waals surface area contributed by atoms with Gasteiger partial charge in [-0.25, -0.2) is 4.79 Å². The van der Waals surface area contributed by atoms with Gasteiger partial charge in [0.15, 0.2) is 17.6 Å². The van der Waals surface area contributed by atoms with E-state index in [0.717, 1.165) is 0 Å². The molecule has 2 rings (SSSR count). The largest absolute Gasteiger partial charge is 0.493 e. The van der Waals surface area contributed by atoms with Crippen LogP contribution in [0.15, 0.2) is 18.2 Å². The van der Waals surface area contributed by atoms with Gasteiger partial charge in [0.05, 0.1) is 19.8 Å². The van der Waals surface area contributed by atoms with Crippen molar-refractivity contribution in [2.24, 2.45) is 0 Å². The average Bonchev–Trinajstić information content (AvgIpc) is 2.94. The molecule has 116 valence electrons. The van der Waals surface area contributed by atoms with Gasteiger partial charge < -0.3 is 19.5 Å². The van der Waals surface area contributed by atoms with E-state index in [2.05, 4.69) is 10.1 Å². The lowest BCUT2D eigenvalue weighted by atomic mass is 10.2. The lowest BCUT2D eigenvalue weighted by Crippen LogP contribution is -2.27. The number of nitrogens with one attached hydrogen (secondary N) is 1. The van der Waals surface area contributed by atoms with Gasteiger partial charge in [-0.1, -0.05) is 13.8 Å². The van der Waals surface area contributed by atoms with Gasteiger partial charge in [-0.15, -0.1) is 0 Å².